The number of methoxy groups -OCH3 is 1. The van der Waals surface area contributed by atoms with Gasteiger partial charge in [-0.05, 0) is 23.6 Å². The third-order valence-corrected chi connectivity index (χ3v) is 3.34. The van der Waals surface area contributed by atoms with E-state index in [1.165, 1.54) is 5.56 Å². The van der Waals surface area contributed by atoms with Crippen LogP contribution in [0.4, 0.5) is 0 Å². The first-order chi connectivity index (χ1) is 9.30. The summed E-state index contributed by atoms with van der Waals surface area (Å²) >= 11 is 0. The maximum atomic E-state index is 5.73. The Morgan fingerprint density at radius 1 is 1.11 bits per heavy atom. The third-order valence-electron chi connectivity index (χ3n) is 3.34. The fraction of sp³-hybridized carbons (Fsp3) is 0.250. The molecule has 3 heteroatoms. The normalized spacial score (nSPS) is 12.2. The molecular formula is C16H20N2O. The maximum Gasteiger partial charge on any atom is 0.124 e. The maximum absolute atomic E-state index is 5.73. The topological polar surface area (TPSA) is 47.3 Å². The number of nitrogens with two attached hydrogens (primary N) is 1. The Balaban J connectivity index is 2.37. The number of ether oxygens (including phenoxy) is 1. The lowest BCUT2D eigenvalue weighted by molar-refractivity contribution is 0.404. The molecule has 1 atom stereocenters. The highest BCUT2D eigenvalue weighted by Gasteiger charge is 2.16. The zero-order valence-corrected chi connectivity index (χ0v) is 11.4. The molecule has 0 aliphatic heterocycles. The molecule has 19 heavy (non-hydrogen) atoms. The smallest absolute Gasteiger partial charge is 0.124 e. The van der Waals surface area contributed by atoms with E-state index in [2.05, 4.69) is 36.6 Å². The highest BCUT2D eigenvalue weighted by molar-refractivity contribution is 5.42. The Morgan fingerprint density at radius 2 is 1.79 bits per heavy atom. The summed E-state index contributed by atoms with van der Waals surface area (Å²) < 4.78 is 5.40. The minimum Gasteiger partial charge on any atom is -0.496 e. The van der Waals surface area contributed by atoms with Crippen LogP contribution in [-0.2, 0) is 6.42 Å². The van der Waals surface area contributed by atoms with Gasteiger partial charge in [0, 0.05) is 5.56 Å². The number of hydrogen-bond donors (Lipinski definition) is 2. The predicted octanol–water partition coefficient (Wildman–Crippen LogP) is 2.81. The molecule has 0 saturated carbocycles. The van der Waals surface area contributed by atoms with E-state index < -0.39 is 0 Å². The van der Waals surface area contributed by atoms with Gasteiger partial charge in [0.05, 0.1) is 13.2 Å². The summed E-state index contributed by atoms with van der Waals surface area (Å²) in [6, 6.07) is 16.3. The van der Waals surface area contributed by atoms with E-state index in [4.69, 9.17) is 10.6 Å². The van der Waals surface area contributed by atoms with Gasteiger partial charge in [0.2, 0.25) is 0 Å². The second-order valence-corrected chi connectivity index (χ2v) is 4.44. The lowest BCUT2D eigenvalue weighted by Gasteiger charge is -2.19. The van der Waals surface area contributed by atoms with E-state index >= 15 is 0 Å². The van der Waals surface area contributed by atoms with E-state index in [0.29, 0.717) is 0 Å². The van der Waals surface area contributed by atoms with Crippen molar-refractivity contribution in [2.75, 3.05) is 7.11 Å². The highest BCUT2D eigenvalue weighted by Crippen LogP contribution is 2.29. The predicted molar refractivity (Wildman–Crippen MR) is 78.0 cm³/mol. The lowest BCUT2D eigenvalue weighted by atomic mass is 9.97. The van der Waals surface area contributed by atoms with Crippen molar-refractivity contribution in [1.82, 2.24) is 5.43 Å². The number of nitrogens with one attached hydrogen (secondary N) is 1. The van der Waals surface area contributed by atoms with E-state index in [0.717, 1.165) is 23.3 Å². The van der Waals surface area contributed by atoms with Gasteiger partial charge in [-0.3, -0.25) is 5.84 Å². The van der Waals surface area contributed by atoms with Gasteiger partial charge in [-0.15, -0.1) is 0 Å². The van der Waals surface area contributed by atoms with Crippen LogP contribution in [-0.4, -0.2) is 7.11 Å². The molecule has 0 bridgehead atoms. The van der Waals surface area contributed by atoms with Gasteiger partial charge in [0.1, 0.15) is 5.75 Å². The molecule has 100 valence electrons. The largest absolute Gasteiger partial charge is 0.496 e. The standard InChI is InChI=1S/C16H20N2O/c1-3-12-8-10-13(11-9-12)16(18-17)14-6-4-5-7-15(14)19-2/h4-11,16,18H,3,17H2,1-2H3. The molecule has 3 N–H and O–H groups in total. The van der Waals surface area contributed by atoms with Crippen LogP contribution in [0.15, 0.2) is 48.5 Å². The van der Waals surface area contributed by atoms with Crippen LogP contribution >= 0.6 is 0 Å². The van der Waals surface area contributed by atoms with Crippen molar-refractivity contribution in [3.8, 4) is 5.75 Å². The average Bonchev–Trinajstić information content (AvgIpc) is 2.49. The summed E-state index contributed by atoms with van der Waals surface area (Å²) in [4.78, 5) is 0. The van der Waals surface area contributed by atoms with Crippen LogP contribution in [0.2, 0.25) is 0 Å². The molecule has 1 unspecified atom stereocenters. The first-order valence-corrected chi connectivity index (χ1v) is 6.48. The van der Waals surface area contributed by atoms with E-state index in [1.54, 1.807) is 7.11 Å². The van der Waals surface area contributed by atoms with Gasteiger partial charge in [-0.25, -0.2) is 5.43 Å². The monoisotopic (exact) mass is 256 g/mol. The van der Waals surface area contributed by atoms with Crippen molar-refractivity contribution in [3.63, 3.8) is 0 Å². The molecule has 2 aromatic rings. The molecule has 0 aliphatic carbocycles. The van der Waals surface area contributed by atoms with Crippen molar-refractivity contribution in [3.05, 3.63) is 65.2 Å². The average molecular weight is 256 g/mol. The first kappa shape index (κ1) is 13.6. The number of hydrogen-bond acceptors (Lipinski definition) is 3. The Bertz CT molecular complexity index is 523. The summed E-state index contributed by atoms with van der Waals surface area (Å²) in [6.45, 7) is 2.15. The summed E-state index contributed by atoms with van der Waals surface area (Å²) in [5.74, 6) is 6.56. The molecule has 2 aromatic carbocycles. The SMILES string of the molecule is CCc1ccc(C(NN)c2ccccc2OC)cc1. The van der Waals surface area contributed by atoms with Gasteiger partial charge in [-0.1, -0.05) is 49.4 Å². The summed E-state index contributed by atoms with van der Waals surface area (Å²) in [6.07, 6.45) is 1.04. The molecule has 0 spiro atoms. The van der Waals surface area contributed by atoms with Crippen molar-refractivity contribution in [2.24, 2.45) is 5.84 Å². The van der Waals surface area contributed by atoms with Crippen LogP contribution in [0.25, 0.3) is 0 Å². The Kier molecular flexibility index (Phi) is 4.55. The molecular weight excluding hydrogens is 236 g/mol. The fourth-order valence-electron chi connectivity index (χ4n) is 2.22. The van der Waals surface area contributed by atoms with Crippen LogP contribution in [0.1, 0.15) is 29.7 Å². The Hall–Kier alpha value is -1.84. The quantitative estimate of drug-likeness (QED) is 0.639. The highest BCUT2D eigenvalue weighted by atomic mass is 16.5. The zero-order chi connectivity index (χ0) is 13.7. The van der Waals surface area contributed by atoms with Gasteiger partial charge >= 0.3 is 0 Å². The summed E-state index contributed by atoms with van der Waals surface area (Å²) in [5.41, 5.74) is 6.35. The van der Waals surface area contributed by atoms with Crippen LogP contribution in [0, 0.1) is 0 Å². The molecule has 0 aliphatic rings. The van der Waals surface area contributed by atoms with Gasteiger partial charge in [0.25, 0.3) is 0 Å². The van der Waals surface area contributed by atoms with Crippen LogP contribution < -0.4 is 16.0 Å². The fourth-order valence-corrected chi connectivity index (χ4v) is 2.22. The number of aryl methyl sites for hydroxylation is 1. The first-order valence-electron chi connectivity index (χ1n) is 6.48. The second-order valence-electron chi connectivity index (χ2n) is 4.44. The van der Waals surface area contributed by atoms with Gasteiger partial charge in [-0.2, -0.15) is 0 Å². The molecule has 2 rings (SSSR count). The van der Waals surface area contributed by atoms with Gasteiger partial charge in [0.15, 0.2) is 0 Å². The second kappa shape index (κ2) is 6.36. The molecule has 0 fully saturated rings. The zero-order valence-electron chi connectivity index (χ0n) is 11.4. The van der Waals surface area contributed by atoms with Crippen molar-refractivity contribution < 1.29 is 4.74 Å². The minimum atomic E-state index is -0.0675. The Morgan fingerprint density at radius 3 is 2.37 bits per heavy atom. The van der Waals surface area contributed by atoms with Crippen LogP contribution in [0.3, 0.4) is 0 Å². The third kappa shape index (κ3) is 2.95. The molecule has 0 radical (unpaired) electrons. The Labute approximate surface area is 114 Å². The van der Waals surface area contributed by atoms with Crippen LogP contribution in [0.5, 0.6) is 5.75 Å². The minimum absolute atomic E-state index is 0.0675. The molecule has 0 aromatic heterocycles. The number of para-hydroxylation sites is 1. The molecule has 3 nitrogen and oxygen atoms in total. The van der Waals surface area contributed by atoms with Gasteiger partial charge < -0.3 is 4.74 Å². The molecule has 0 saturated heterocycles. The van der Waals surface area contributed by atoms with E-state index in [1.807, 2.05) is 24.3 Å². The number of benzene rings is 2. The number of hydrazine groups is 1. The van der Waals surface area contributed by atoms with E-state index in [9.17, 15) is 0 Å². The summed E-state index contributed by atoms with van der Waals surface area (Å²) in [5, 5.41) is 0. The number of rotatable bonds is 5. The van der Waals surface area contributed by atoms with Crippen molar-refractivity contribution >= 4 is 0 Å². The molecule has 0 heterocycles. The lowest BCUT2D eigenvalue weighted by Crippen LogP contribution is -2.29. The van der Waals surface area contributed by atoms with Crippen molar-refractivity contribution in [2.45, 2.75) is 19.4 Å². The van der Waals surface area contributed by atoms with E-state index in [-0.39, 0.29) is 6.04 Å². The molecule has 0 amide bonds. The van der Waals surface area contributed by atoms with Crippen molar-refractivity contribution in [1.29, 1.82) is 0 Å². The summed E-state index contributed by atoms with van der Waals surface area (Å²) in [7, 11) is 1.67.